The van der Waals surface area contributed by atoms with E-state index in [4.69, 9.17) is 5.73 Å². The van der Waals surface area contributed by atoms with Crippen LogP contribution in [0.3, 0.4) is 0 Å². The molecule has 0 aromatic carbocycles. The average Bonchev–Trinajstić information content (AvgIpc) is 2.96. The van der Waals surface area contributed by atoms with Crippen LogP contribution < -0.4 is 11.1 Å². The summed E-state index contributed by atoms with van der Waals surface area (Å²) in [6.45, 7) is 0. The fourth-order valence-corrected chi connectivity index (χ4v) is 4.24. The number of rotatable bonds is 3. The molecular weight excluding hydrogens is 248 g/mol. The molecule has 0 radical (unpaired) electrons. The van der Waals surface area contributed by atoms with E-state index in [0.29, 0.717) is 18.4 Å². The first-order valence-electron chi connectivity index (χ1n) is 7.27. The molecule has 0 spiro atoms. The number of hydrogen-bond acceptors (Lipinski definition) is 2. The van der Waals surface area contributed by atoms with E-state index < -0.39 is 0 Å². The Morgan fingerprint density at radius 2 is 2.00 bits per heavy atom. The van der Waals surface area contributed by atoms with Gasteiger partial charge >= 0.3 is 0 Å². The van der Waals surface area contributed by atoms with Crippen molar-refractivity contribution in [2.24, 2.45) is 23.5 Å². The Morgan fingerprint density at radius 1 is 1.17 bits per heavy atom. The highest BCUT2D eigenvalue weighted by Crippen LogP contribution is 2.44. The van der Waals surface area contributed by atoms with E-state index >= 15 is 0 Å². The van der Waals surface area contributed by atoms with Crippen LogP contribution in [-0.4, -0.2) is 18.0 Å². The molecule has 1 amide bonds. The quantitative estimate of drug-likeness (QED) is 0.828. The highest BCUT2D eigenvalue weighted by atomic mass is 35.5. The molecular formula is C14H25ClN2O. The first-order chi connectivity index (χ1) is 8.22. The van der Waals surface area contributed by atoms with Crippen LogP contribution in [0.1, 0.15) is 51.4 Å². The van der Waals surface area contributed by atoms with Gasteiger partial charge in [0.05, 0.1) is 0 Å². The van der Waals surface area contributed by atoms with Gasteiger partial charge in [-0.25, -0.2) is 0 Å². The molecule has 0 saturated heterocycles. The van der Waals surface area contributed by atoms with E-state index in [9.17, 15) is 4.79 Å². The summed E-state index contributed by atoms with van der Waals surface area (Å²) >= 11 is 0. The van der Waals surface area contributed by atoms with Crippen molar-refractivity contribution in [3.05, 3.63) is 0 Å². The topological polar surface area (TPSA) is 55.1 Å². The lowest BCUT2D eigenvalue weighted by atomic mass is 9.94. The molecule has 0 aliphatic heterocycles. The van der Waals surface area contributed by atoms with Gasteiger partial charge in [-0.2, -0.15) is 0 Å². The minimum Gasteiger partial charge on any atom is -0.353 e. The summed E-state index contributed by atoms with van der Waals surface area (Å²) < 4.78 is 0. The minimum absolute atomic E-state index is 0. The van der Waals surface area contributed by atoms with E-state index in [2.05, 4.69) is 5.32 Å². The van der Waals surface area contributed by atoms with Gasteiger partial charge in [0.1, 0.15) is 0 Å². The predicted octanol–water partition coefficient (Wildman–Crippen LogP) is 2.23. The van der Waals surface area contributed by atoms with Gasteiger partial charge in [-0.05, 0) is 49.9 Å². The van der Waals surface area contributed by atoms with Crippen molar-refractivity contribution in [2.45, 2.75) is 63.5 Å². The van der Waals surface area contributed by atoms with Crippen molar-refractivity contribution in [1.29, 1.82) is 0 Å². The van der Waals surface area contributed by atoms with Gasteiger partial charge in [-0.15, -0.1) is 12.4 Å². The molecule has 3 N–H and O–H groups in total. The maximum Gasteiger partial charge on any atom is 0.220 e. The summed E-state index contributed by atoms with van der Waals surface area (Å²) in [5.41, 5.74) is 6.02. The molecule has 3 rings (SSSR count). The lowest BCUT2D eigenvalue weighted by molar-refractivity contribution is -0.123. The predicted molar refractivity (Wildman–Crippen MR) is 74.6 cm³/mol. The summed E-state index contributed by atoms with van der Waals surface area (Å²) in [6.07, 6.45) is 9.42. The average molecular weight is 273 g/mol. The molecule has 104 valence electrons. The van der Waals surface area contributed by atoms with Crippen LogP contribution in [-0.2, 0) is 4.79 Å². The zero-order valence-electron chi connectivity index (χ0n) is 10.9. The minimum atomic E-state index is 0. The maximum atomic E-state index is 12.0. The first kappa shape index (κ1) is 14.1. The van der Waals surface area contributed by atoms with Crippen LogP contribution >= 0.6 is 12.4 Å². The van der Waals surface area contributed by atoms with E-state index in [1.54, 1.807) is 0 Å². The molecule has 3 aliphatic carbocycles. The highest BCUT2D eigenvalue weighted by Gasteiger charge is 2.40. The normalized spacial score (nSPS) is 41.7. The van der Waals surface area contributed by atoms with E-state index in [1.165, 1.54) is 32.1 Å². The number of nitrogens with two attached hydrogens (primary N) is 1. The van der Waals surface area contributed by atoms with Gasteiger partial charge in [0.15, 0.2) is 0 Å². The number of nitrogens with one attached hydrogen (secondary N) is 1. The fraction of sp³-hybridized carbons (Fsp3) is 0.929. The molecule has 3 aliphatic rings. The molecule has 0 aromatic rings. The third-order valence-corrected chi connectivity index (χ3v) is 5.25. The molecule has 3 unspecified atom stereocenters. The summed E-state index contributed by atoms with van der Waals surface area (Å²) in [5.74, 6) is 2.37. The van der Waals surface area contributed by atoms with Crippen molar-refractivity contribution in [3.63, 3.8) is 0 Å². The number of amides is 1. The van der Waals surface area contributed by atoms with E-state index in [-0.39, 0.29) is 24.4 Å². The molecule has 3 fully saturated rings. The van der Waals surface area contributed by atoms with Crippen molar-refractivity contribution in [1.82, 2.24) is 5.32 Å². The van der Waals surface area contributed by atoms with Gasteiger partial charge < -0.3 is 11.1 Å². The van der Waals surface area contributed by atoms with Gasteiger partial charge in [-0.3, -0.25) is 4.79 Å². The zero-order chi connectivity index (χ0) is 11.8. The summed E-state index contributed by atoms with van der Waals surface area (Å²) in [7, 11) is 0. The van der Waals surface area contributed by atoms with Crippen molar-refractivity contribution in [2.75, 3.05) is 0 Å². The fourth-order valence-electron chi connectivity index (χ4n) is 4.24. The van der Waals surface area contributed by atoms with Crippen molar-refractivity contribution >= 4 is 18.3 Å². The lowest BCUT2D eigenvalue weighted by Gasteiger charge is -2.24. The first-order valence-corrected chi connectivity index (χ1v) is 7.27. The summed E-state index contributed by atoms with van der Waals surface area (Å²) in [4.78, 5) is 12.0. The largest absolute Gasteiger partial charge is 0.353 e. The Balaban J connectivity index is 0.00000120. The van der Waals surface area contributed by atoms with Crippen LogP contribution in [0.4, 0.5) is 0 Å². The second-order valence-corrected chi connectivity index (χ2v) is 6.41. The Labute approximate surface area is 116 Å². The highest BCUT2D eigenvalue weighted by molar-refractivity contribution is 5.85. The van der Waals surface area contributed by atoms with Crippen LogP contribution in [0.2, 0.25) is 0 Å². The smallest absolute Gasteiger partial charge is 0.220 e. The third-order valence-electron chi connectivity index (χ3n) is 5.25. The SMILES string of the molecule is Cl.N[C@@H]1CCC[C@H]1CC(=O)NC1CC2CCC1C2. The van der Waals surface area contributed by atoms with Crippen molar-refractivity contribution in [3.8, 4) is 0 Å². The second kappa shape index (κ2) is 5.79. The Hall–Kier alpha value is -0.280. The van der Waals surface area contributed by atoms with Gasteiger partial charge in [-0.1, -0.05) is 12.8 Å². The number of carbonyl (C=O) groups excluding carboxylic acids is 1. The molecule has 5 atom stereocenters. The molecule has 3 saturated carbocycles. The molecule has 0 aromatic heterocycles. The van der Waals surface area contributed by atoms with Crippen LogP contribution in [0.25, 0.3) is 0 Å². The standard InChI is InChI=1S/C14H24N2O.ClH/c15-12-3-1-2-10(12)8-14(17)16-13-7-9-4-5-11(13)6-9;/h9-13H,1-8,15H2,(H,16,17);1H/t9?,10-,11?,12+,13?;/m0./s1. The van der Waals surface area contributed by atoms with E-state index in [0.717, 1.165) is 24.7 Å². The van der Waals surface area contributed by atoms with Gasteiger partial charge in [0, 0.05) is 18.5 Å². The number of hydrogen-bond donors (Lipinski definition) is 2. The second-order valence-electron chi connectivity index (χ2n) is 6.41. The Kier molecular flexibility index (Phi) is 4.54. The molecule has 3 nitrogen and oxygen atoms in total. The Bertz CT molecular complexity index is 310. The third kappa shape index (κ3) is 2.83. The van der Waals surface area contributed by atoms with Crippen LogP contribution in [0, 0.1) is 17.8 Å². The maximum absolute atomic E-state index is 12.0. The monoisotopic (exact) mass is 272 g/mol. The molecule has 2 bridgehead atoms. The zero-order valence-corrected chi connectivity index (χ0v) is 11.8. The van der Waals surface area contributed by atoms with Gasteiger partial charge in [0.25, 0.3) is 0 Å². The number of fused-ring (bicyclic) bond motifs is 2. The van der Waals surface area contributed by atoms with Crippen LogP contribution in [0.5, 0.6) is 0 Å². The molecule has 4 heteroatoms. The van der Waals surface area contributed by atoms with Gasteiger partial charge in [0.2, 0.25) is 5.91 Å². The summed E-state index contributed by atoms with van der Waals surface area (Å²) in [5, 5.41) is 3.26. The molecule has 18 heavy (non-hydrogen) atoms. The summed E-state index contributed by atoms with van der Waals surface area (Å²) in [6, 6.07) is 0.750. The number of halogens is 1. The van der Waals surface area contributed by atoms with Crippen LogP contribution in [0.15, 0.2) is 0 Å². The Morgan fingerprint density at radius 3 is 2.56 bits per heavy atom. The number of carbonyl (C=O) groups is 1. The lowest BCUT2D eigenvalue weighted by Crippen LogP contribution is -2.40. The van der Waals surface area contributed by atoms with E-state index in [1.807, 2.05) is 0 Å². The van der Waals surface area contributed by atoms with Crippen molar-refractivity contribution < 1.29 is 4.79 Å². The molecule has 0 heterocycles.